The van der Waals surface area contributed by atoms with E-state index in [-0.39, 0.29) is 19.0 Å². The van der Waals surface area contributed by atoms with Crippen LogP contribution in [0.25, 0.3) is 0 Å². The van der Waals surface area contributed by atoms with Gasteiger partial charge in [0.05, 0.1) is 11.8 Å². The number of aryl methyl sites for hydroxylation is 1. The van der Waals surface area contributed by atoms with E-state index in [1.165, 1.54) is 0 Å². The third kappa shape index (κ3) is 5.16. The highest BCUT2D eigenvalue weighted by atomic mass is 79.9. The third-order valence-corrected chi connectivity index (χ3v) is 3.56. The lowest BCUT2D eigenvalue weighted by Gasteiger charge is -2.08. The molecular formula is C11H15BrN2O3S. The Labute approximate surface area is 115 Å². The van der Waals surface area contributed by atoms with Gasteiger partial charge in [-0.25, -0.2) is 13.1 Å². The van der Waals surface area contributed by atoms with E-state index >= 15 is 0 Å². The number of benzene rings is 1. The molecule has 1 aromatic rings. The lowest BCUT2D eigenvalue weighted by molar-refractivity contribution is 0.0953. The standard InChI is InChI=1S/C11H15BrN2O3S/c1-8-3-4-10(12)9(7-8)11(15)13-5-6-14-18(2,16)17/h3-4,7,14H,5-6H2,1-2H3,(H,13,15). The lowest BCUT2D eigenvalue weighted by Crippen LogP contribution is -2.34. The Morgan fingerprint density at radius 3 is 2.61 bits per heavy atom. The maximum absolute atomic E-state index is 11.8. The monoisotopic (exact) mass is 334 g/mol. The smallest absolute Gasteiger partial charge is 0.252 e. The largest absolute Gasteiger partial charge is 0.351 e. The first-order chi connectivity index (χ1) is 8.29. The molecule has 0 heterocycles. The molecule has 0 atom stereocenters. The van der Waals surface area contributed by atoms with E-state index in [1.54, 1.807) is 12.1 Å². The van der Waals surface area contributed by atoms with Crippen molar-refractivity contribution in [2.45, 2.75) is 6.92 Å². The van der Waals surface area contributed by atoms with Crippen molar-refractivity contribution >= 4 is 31.9 Å². The number of hydrogen-bond acceptors (Lipinski definition) is 3. The quantitative estimate of drug-likeness (QED) is 0.790. The molecule has 0 spiro atoms. The first-order valence-corrected chi connectivity index (χ1v) is 7.97. The highest BCUT2D eigenvalue weighted by Gasteiger charge is 2.09. The van der Waals surface area contributed by atoms with Crippen molar-refractivity contribution in [2.24, 2.45) is 0 Å². The van der Waals surface area contributed by atoms with Gasteiger partial charge in [-0.3, -0.25) is 4.79 Å². The first kappa shape index (κ1) is 15.1. The van der Waals surface area contributed by atoms with Gasteiger partial charge < -0.3 is 5.32 Å². The molecule has 5 nitrogen and oxygen atoms in total. The fraction of sp³-hybridized carbons (Fsp3) is 0.364. The maximum atomic E-state index is 11.8. The zero-order valence-corrected chi connectivity index (χ0v) is 12.6. The maximum Gasteiger partial charge on any atom is 0.252 e. The van der Waals surface area contributed by atoms with Crippen LogP contribution in [0.4, 0.5) is 0 Å². The third-order valence-electron chi connectivity index (χ3n) is 2.14. The van der Waals surface area contributed by atoms with Crippen molar-refractivity contribution in [3.05, 3.63) is 33.8 Å². The van der Waals surface area contributed by atoms with Crippen molar-refractivity contribution in [3.63, 3.8) is 0 Å². The van der Waals surface area contributed by atoms with Crippen molar-refractivity contribution in [3.8, 4) is 0 Å². The van der Waals surface area contributed by atoms with Gasteiger partial charge in [-0.2, -0.15) is 0 Å². The summed E-state index contributed by atoms with van der Waals surface area (Å²) in [5, 5.41) is 2.64. The molecule has 7 heteroatoms. The Morgan fingerprint density at radius 2 is 2.00 bits per heavy atom. The summed E-state index contributed by atoms with van der Waals surface area (Å²) in [6.07, 6.45) is 1.08. The second kappa shape index (κ2) is 6.31. The van der Waals surface area contributed by atoms with Crippen LogP contribution in [0.1, 0.15) is 15.9 Å². The van der Waals surface area contributed by atoms with E-state index in [4.69, 9.17) is 0 Å². The number of nitrogens with one attached hydrogen (secondary N) is 2. The van der Waals surface area contributed by atoms with E-state index in [9.17, 15) is 13.2 Å². The summed E-state index contributed by atoms with van der Waals surface area (Å²) < 4.78 is 24.6. The van der Waals surface area contributed by atoms with Gasteiger partial charge in [0.2, 0.25) is 10.0 Å². The number of halogens is 1. The molecule has 2 N–H and O–H groups in total. The van der Waals surface area contributed by atoms with Crippen LogP contribution in [-0.2, 0) is 10.0 Å². The van der Waals surface area contributed by atoms with E-state index in [2.05, 4.69) is 26.0 Å². The van der Waals surface area contributed by atoms with Gasteiger partial charge in [0.15, 0.2) is 0 Å². The van der Waals surface area contributed by atoms with Gasteiger partial charge in [0, 0.05) is 17.6 Å². The molecule has 100 valence electrons. The summed E-state index contributed by atoms with van der Waals surface area (Å²) >= 11 is 3.30. The average molecular weight is 335 g/mol. The second-order valence-corrected chi connectivity index (χ2v) is 6.59. The number of amides is 1. The van der Waals surface area contributed by atoms with E-state index < -0.39 is 10.0 Å². The fourth-order valence-corrected chi connectivity index (χ4v) is 2.22. The molecule has 0 bridgehead atoms. The zero-order valence-electron chi connectivity index (χ0n) is 10.2. The number of carbonyl (C=O) groups is 1. The normalized spacial score (nSPS) is 11.3. The molecule has 0 fully saturated rings. The minimum atomic E-state index is -3.21. The Balaban J connectivity index is 2.53. The van der Waals surface area contributed by atoms with Gasteiger partial charge in [-0.15, -0.1) is 0 Å². The van der Waals surface area contributed by atoms with Gasteiger partial charge in [-0.1, -0.05) is 11.6 Å². The summed E-state index contributed by atoms with van der Waals surface area (Å²) in [6, 6.07) is 5.47. The van der Waals surface area contributed by atoms with Crippen LogP contribution in [0.5, 0.6) is 0 Å². The number of carbonyl (C=O) groups excluding carboxylic acids is 1. The molecule has 0 aromatic heterocycles. The van der Waals surface area contributed by atoms with Crippen LogP contribution in [0, 0.1) is 6.92 Å². The van der Waals surface area contributed by atoms with Crippen molar-refractivity contribution in [2.75, 3.05) is 19.3 Å². The molecule has 0 aliphatic rings. The Hall–Kier alpha value is -0.920. The molecule has 0 aliphatic heterocycles. The Bertz CT molecular complexity index is 543. The minimum Gasteiger partial charge on any atom is -0.351 e. The van der Waals surface area contributed by atoms with Crippen LogP contribution in [0.3, 0.4) is 0 Å². The van der Waals surface area contributed by atoms with Gasteiger partial charge in [0.1, 0.15) is 0 Å². The van der Waals surface area contributed by atoms with Gasteiger partial charge >= 0.3 is 0 Å². The summed E-state index contributed by atoms with van der Waals surface area (Å²) in [5.41, 5.74) is 1.52. The average Bonchev–Trinajstić information content (AvgIpc) is 2.26. The SMILES string of the molecule is Cc1ccc(Br)c(C(=O)NCCNS(C)(=O)=O)c1. The predicted octanol–water partition coefficient (Wildman–Crippen LogP) is 1.04. The molecule has 1 rings (SSSR count). The Morgan fingerprint density at radius 1 is 1.33 bits per heavy atom. The minimum absolute atomic E-state index is 0.175. The highest BCUT2D eigenvalue weighted by molar-refractivity contribution is 9.10. The van der Waals surface area contributed by atoms with Crippen LogP contribution in [0.2, 0.25) is 0 Å². The molecule has 0 radical (unpaired) electrons. The summed E-state index contributed by atoms with van der Waals surface area (Å²) in [4.78, 5) is 11.8. The molecule has 1 amide bonds. The number of rotatable bonds is 5. The van der Waals surface area contributed by atoms with Crippen LogP contribution in [0.15, 0.2) is 22.7 Å². The van der Waals surface area contributed by atoms with Crippen molar-refractivity contribution < 1.29 is 13.2 Å². The van der Waals surface area contributed by atoms with Crippen LogP contribution < -0.4 is 10.0 Å². The summed E-state index contributed by atoms with van der Waals surface area (Å²) in [7, 11) is -3.21. The summed E-state index contributed by atoms with van der Waals surface area (Å²) in [6.45, 7) is 2.31. The van der Waals surface area contributed by atoms with Gasteiger partial charge in [0.25, 0.3) is 5.91 Å². The summed E-state index contributed by atoms with van der Waals surface area (Å²) in [5.74, 6) is -0.235. The van der Waals surface area contributed by atoms with Crippen molar-refractivity contribution in [1.29, 1.82) is 0 Å². The molecule has 1 aromatic carbocycles. The molecular weight excluding hydrogens is 320 g/mol. The lowest BCUT2D eigenvalue weighted by atomic mass is 10.1. The van der Waals surface area contributed by atoms with Crippen LogP contribution in [-0.4, -0.2) is 33.7 Å². The number of hydrogen-bond donors (Lipinski definition) is 2. The van der Waals surface area contributed by atoms with E-state index in [0.717, 1.165) is 11.8 Å². The topological polar surface area (TPSA) is 75.3 Å². The molecule has 0 saturated carbocycles. The predicted molar refractivity (Wildman–Crippen MR) is 74.1 cm³/mol. The van der Waals surface area contributed by atoms with Crippen molar-refractivity contribution in [1.82, 2.24) is 10.0 Å². The van der Waals surface area contributed by atoms with E-state index in [0.29, 0.717) is 10.0 Å². The van der Waals surface area contributed by atoms with Crippen LogP contribution >= 0.6 is 15.9 Å². The number of sulfonamides is 1. The fourth-order valence-electron chi connectivity index (χ4n) is 1.32. The molecule has 0 aliphatic carbocycles. The molecule has 0 saturated heterocycles. The molecule has 0 unspecified atom stereocenters. The Kier molecular flexibility index (Phi) is 5.30. The first-order valence-electron chi connectivity index (χ1n) is 5.28. The molecule has 18 heavy (non-hydrogen) atoms. The second-order valence-electron chi connectivity index (χ2n) is 3.91. The van der Waals surface area contributed by atoms with Gasteiger partial charge in [-0.05, 0) is 35.0 Å². The zero-order chi connectivity index (χ0) is 13.8. The van der Waals surface area contributed by atoms with E-state index in [1.807, 2.05) is 13.0 Å². The highest BCUT2D eigenvalue weighted by Crippen LogP contribution is 2.17.